The summed E-state index contributed by atoms with van der Waals surface area (Å²) < 4.78 is 13.9. The second-order valence-electron chi connectivity index (χ2n) is 9.05. The van der Waals surface area contributed by atoms with Gasteiger partial charge in [0.25, 0.3) is 0 Å². The Hall–Kier alpha value is -2.52. The quantitative estimate of drug-likeness (QED) is 0.512. The second-order valence-corrected chi connectivity index (χ2v) is 9.49. The van der Waals surface area contributed by atoms with Gasteiger partial charge in [0.1, 0.15) is 18.5 Å². The highest BCUT2D eigenvalue weighted by Crippen LogP contribution is 2.28. The highest BCUT2D eigenvalue weighted by atomic mass is 35.5. The monoisotopic (exact) mass is 482 g/mol. The molecule has 0 radical (unpaired) electrons. The van der Waals surface area contributed by atoms with Crippen LogP contribution in [0.15, 0.2) is 48.5 Å². The molecule has 3 aromatic rings. The molecule has 34 heavy (non-hydrogen) atoms. The lowest BCUT2D eigenvalue weighted by molar-refractivity contribution is -0.0673. The molecule has 180 valence electrons. The molecule has 3 heterocycles. The minimum atomic E-state index is 0.0477. The number of hydrogen-bond acceptors (Lipinski definition) is 7. The maximum Gasteiger partial charge on any atom is 0.185 e. The van der Waals surface area contributed by atoms with Crippen LogP contribution in [0.2, 0.25) is 5.02 Å². The smallest absolute Gasteiger partial charge is 0.185 e. The van der Waals surface area contributed by atoms with Crippen molar-refractivity contribution >= 4 is 11.6 Å². The van der Waals surface area contributed by atoms with Crippen LogP contribution in [0, 0.1) is 0 Å². The fraction of sp³-hybridized carbons (Fsp3) is 0.480. The maximum atomic E-state index is 6.20. The number of benzene rings is 2. The van der Waals surface area contributed by atoms with Gasteiger partial charge in [0, 0.05) is 37.7 Å². The Balaban J connectivity index is 1.12. The maximum absolute atomic E-state index is 6.20. The topological polar surface area (TPSA) is 68.5 Å². The van der Waals surface area contributed by atoms with Gasteiger partial charge < -0.3 is 9.47 Å². The van der Waals surface area contributed by atoms with Crippen LogP contribution in [0.1, 0.15) is 18.4 Å². The zero-order valence-corrected chi connectivity index (χ0v) is 20.3. The standard InChI is InChI=1S/C25H31ClN6O2/c1-30-25(27-28-29-30)23-4-2-3-5-24(23)34-18-22-17-32(14-15-33-22)21-10-12-31(13-11-21)16-19-6-8-20(26)9-7-19/h2-9,21-22H,10-18H2,1H3. The predicted molar refractivity (Wildman–Crippen MR) is 131 cm³/mol. The summed E-state index contributed by atoms with van der Waals surface area (Å²) in [7, 11) is 1.83. The minimum Gasteiger partial charge on any atom is -0.490 e. The highest BCUT2D eigenvalue weighted by Gasteiger charge is 2.30. The number of hydrogen-bond donors (Lipinski definition) is 0. The zero-order valence-electron chi connectivity index (χ0n) is 19.5. The van der Waals surface area contributed by atoms with Gasteiger partial charge in [-0.25, -0.2) is 4.68 Å². The number of aromatic nitrogens is 4. The molecule has 0 aliphatic carbocycles. The third-order valence-electron chi connectivity index (χ3n) is 6.74. The van der Waals surface area contributed by atoms with Crippen LogP contribution in [0.5, 0.6) is 5.75 Å². The Morgan fingerprint density at radius 3 is 2.62 bits per heavy atom. The average molecular weight is 483 g/mol. The number of aryl methyl sites for hydroxylation is 1. The lowest BCUT2D eigenvalue weighted by atomic mass is 10.0. The third-order valence-corrected chi connectivity index (χ3v) is 6.99. The summed E-state index contributed by atoms with van der Waals surface area (Å²) in [5, 5.41) is 12.6. The van der Waals surface area contributed by atoms with Crippen LogP contribution in [-0.2, 0) is 18.3 Å². The van der Waals surface area contributed by atoms with Crippen molar-refractivity contribution in [2.24, 2.45) is 7.05 Å². The number of tetrazole rings is 1. The first-order valence-electron chi connectivity index (χ1n) is 11.9. The number of halogens is 1. The fourth-order valence-corrected chi connectivity index (χ4v) is 5.01. The molecule has 2 saturated heterocycles. The lowest BCUT2D eigenvalue weighted by Crippen LogP contribution is -2.52. The summed E-state index contributed by atoms with van der Waals surface area (Å²) >= 11 is 6.02. The molecule has 1 unspecified atom stereocenters. The molecule has 1 atom stereocenters. The van der Waals surface area contributed by atoms with E-state index < -0.39 is 0 Å². The van der Waals surface area contributed by atoms with E-state index in [1.54, 1.807) is 4.68 Å². The summed E-state index contributed by atoms with van der Waals surface area (Å²) in [5.41, 5.74) is 2.21. The van der Waals surface area contributed by atoms with Crippen molar-refractivity contribution in [3.8, 4) is 17.1 Å². The summed E-state index contributed by atoms with van der Waals surface area (Å²) in [6, 6.07) is 16.7. The van der Waals surface area contributed by atoms with E-state index in [0.29, 0.717) is 18.5 Å². The van der Waals surface area contributed by atoms with Crippen molar-refractivity contribution in [1.82, 2.24) is 30.0 Å². The van der Waals surface area contributed by atoms with E-state index in [1.165, 1.54) is 18.4 Å². The van der Waals surface area contributed by atoms with E-state index in [9.17, 15) is 0 Å². The van der Waals surface area contributed by atoms with Crippen LogP contribution < -0.4 is 4.74 Å². The third kappa shape index (κ3) is 5.58. The number of ether oxygens (including phenoxy) is 2. The molecule has 0 amide bonds. The zero-order chi connectivity index (χ0) is 23.3. The SMILES string of the molecule is Cn1nnnc1-c1ccccc1OCC1CN(C2CCN(Cc3ccc(Cl)cc3)CC2)CCO1. The number of para-hydroxylation sites is 1. The van der Waals surface area contributed by atoms with E-state index in [0.717, 1.165) is 55.7 Å². The van der Waals surface area contributed by atoms with Crippen LogP contribution in [-0.4, -0.2) is 81.5 Å². The summed E-state index contributed by atoms with van der Waals surface area (Å²) in [4.78, 5) is 5.13. The first-order valence-corrected chi connectivity index (χ1v) is 12.3. The van der Waals surface area contributed by atoms with Crippen molar-refractivity contribution in [3.63, 3.8) is 0 Å². The van der Waals surface area contributed by atoms with Gasteiger partial charge in [-0.2, -0.15) is 0 Å². The second kappa shape index (κ2) is 10.8. The van der Waals surface area contributed by atoms with Crippen molar-refractivity contribution in [2.75, 3.05) is 39.4 Å². The number of nitrogens with zero attached hydrogens (tertiary/aromatic N) is 6. The number of rotatable bonds is 7. The van der Waals surface area contributed by atoms with Gasteiger partial charge in [-0.3, -0.25) is 9.80 Å². The van der Waals surface area contributed by atoms with E-state index in [-0.39, 0.29) is 6.10 Å². The largest absolute Gasteiger partial charge is 0.490 e. The van der Waals surface area contributed by atoms with Crippen LogP contribution in [0.3, 0.4) is 0 Å². The molecule has 5 rings (SSSR count). The summed E-state index contributed by atoms with van der Waals surface area (Å²) in [6.45, 7) is 6.36. The predicted octanol–water partition coefficient (Wildman–Crippen LogP) is 3.27. The molecule has 2 aliphatic heterocycles. The molecule has 0 bridgehead atoms. The van der Waals surface area contributed by atoms with Gasteiger partial charge in [0.2, 0.25) is 0 Å². The summed E-state index contributed by atoms with van der Waals surface area (Å²) in [5.74, 6) is 1.46. The molecule has 2 aliphatic rings. The Morgan fingerprint density at radius 1 is 1.06 bits per heavy atom. The summed E-state index contributed by atoms with van der Waals surface area (Å²) in [6.07, 6.45) is 2.42. The van der Waals surface area contributed by atoms with E-state index >= 15 is 0 Å². The van der Waals surface area contributed by atoms with E-state index in [4.69, 9.17) is 21.1 Å². The van der Waals surface area contributed by atoms with Gasteiger partial charge in [0.05, 0.1) is 12.2 Å². The lowest BCUT2D eigenvalue weighted by Gasteiger charge is -2.42. The minimum absolute atomic E-state index is 0.0477. The van der Waals surface area contributed by atoms with Gasteiger partial charge in [-0.05, 0) is 66.2 Å². The van der Waals surface area contributed by atoms with Crippen molar-refractivity contribution < 1.29 is 9.47 Å². The number of likely N-dealkylation sites (tertiary alicyclic amines) is 1. The van der Waals surface area contributed by atoms with Crippen LogP contribution in [0.4, 0.5) is 0 Å². The molecule has 1 aromatic heterocycles. The molecule has 2 fully saturated rings. The molecule has 2 aromatic carbocycles. The van der Waals surface area contributed by atoms with Crippen molar-refractivity contribution in [3.05, 3.63) is 59.1 Å². The highest BCUT2D eigenvalue weighted by molar-refractivity contribution is 6.30. The van der Waals surface area contributed by atoms with E-state index in [1.807, 2.05) is 43.4 Å². The Morgan fingerprint density at radius 2 is 1.85 bits per heavy atom. The number of morpholine rings is 1. The van der Waals surface area contributed by atoms with Crippen molar-refractivity contribution in [2.45, 2.75) is 31.5 Å². The normalized spacial score (nSPS) is 20.5. The van der Waals surface area contributed by atoms with Crippen LogP contribution >= 0.6 is 11.6 Å². The first kappa shape index (κ1) is 23.2. The van der Waals surface area contributed by atoms with Crippen LogP contribution in [0.25, 0.3) is 11.4 Å². The molecular formula is C25H31ClN6O2. The molecule has 0 N–H and O–H groups in total. The van der Waals surface area contributed by atoms with Gasteiger partial charge in [-0.1, -0.05) is 35.9 Å². The molecule has 0 spiro atoms. The van der Waals surface area contributed by atoms with E-state index in [2.05, 4.69) is 37.5 Å². The van der Waals surface area contributed by atoms with Crippen molar-refractivity contribution in [1.29, 1.82) is 0 Å². The van der Waals surface area contributed by atoms with Gasteiger partial charge in [0.15, 0.2) is 5.82 Å². The fourth-order valence-electron chi connectivity index (χ4n) is 4.88. The Labute approximate surface area is 205 Å². The Kier molecular flexibility index (Phi) is 7.39. The van der Waals surface area contributed by atoms with Gasteiger partial charge >= 0.3 is 0 Å². The average Bonchev–Trinajstić information content (AvgIpc) is 3.30. The number of piperidine rings is 1. The molecule has 9 heteroatoms. The first-order chi connectivity index (χ1) is 16.7. The molecule has 0 saturated carbocycles. The van der Waals surface area contributed by atoms with Gasteiger partial charge in [-0.15, -0.1) is 5.10 Å². The Bertz CT molecular complexity index is 1070. The molecule has 8 nitrogen and oxygen atoms in total. The molecular weight excluding hydrogens is 452 g/mol.